The third-order valence-electron chi connectivity index (χ3n) is 3.74. The van der Waals surface area contributed by atoms with Gasteiger partial charge < -0.3 is 16.2 Å². The Morgan fingerprint density at radius 1 is 1.32 bits per heavy atom. The fraction of sp³-hybridized carbons (Fsp3) is 0.357. The van der Waals surface area contributed by atoms with Crippen molar-refractivity contribution in [3.63, 3.8) is 0 Å². The smallest absolute Gasteiger partial charge is 0.249 e. The summed E-state index contributed by atoms with van der Waals surface area (Å²) in [5.74, 6) is -1.85. The number of rotatable bonds is 2. The van der Waals surface area contributed by atoms with Gasteiger partial charge in [-0.15, -0.1) is 0 Å². The highest BCUT2D eigenvalue weighted by Crippen LogP contribution is 2.35. The van der Waals surface area contributed by atoms with Crippen molar-refractivity contribution < 1.29 is 9.90 Å². The number of fused-ring (bicyclic) bond motifs is 1. The van der Waals surface area contributed by atoms with Crippen molar-refractivity contribution in [3.8, 4) is 0 Å². The number of nitrogens with zero attached hydrogens (tertiary/aromatic N) is 1. The zero-order valence-electron chi connectivity index (χ0n) is 10.6. The molecule has 3 rings (SSSR count). The van der Waals surface area contributed by atoms with Crippen molar-refractivity contribution in [2.45, 2.75) is 18.7 Å². The van der Waals surface area contributed by atoms with Crippen LogP contribution in [0, 0.1) is 0 Å². The zero-order valence-corrected chi connectivity index (χ0v) is 10.6. The highest BCUT2D eigenvalue weighted by molar-refractivity contribution is 6.21. The molecule has 0 bridgehead atoms. The molecule has 1 fully saturated rings. The summed E-state index contributed by atoms with van der Waals surface area (Å²) in [5, 5.41) is 13.9. The summed E-state index contributed by atoms with van der Waals surface area (Å²) in [6, 6.07) is 7.37. The van der Waals surface area contributed by atoms with Gasteiger partial charge in [0.05, 0.1) is 5.57 Å². The summed E-state index contributed by atoms with van der Waals surface area (Å²) in [4.78, 5) is 13.5. The van der Waals surface area contributed by atoms with E-state index in [-0.39, 0.29) is 0 Å². The number of likely N-dealkylation sites (tertiary alicyclic amines) is 1. The Balaban J connectivity index is 2.07. The Bertz CT molecular complexity index is 549. The molecule has 1 aromatic rings. The van der Waals surface area contributed by atoms with Gasteiger partial charge in [0.15, 0.2) is 0 Å². The molecule has 0 spiro atoms. The number of carbonyl (C=O) groups excluding carboxylic acids is 1. The highest BCUT2D eigenvalue weighted by atomic mass is 16.3. The van der Waals surface area contributed by atoms with E-state index >= 15 is 0 Å². The van der Waals surface area contributed by atoms with Crippen LogP contribution in [0.3, 0.4) is 0 Å². The molecule has 2 aliphatic heterocycles. The van der Waals surface area contributed by atoms with Crippen molar-refractivity contribution >= 4 is 17.2 Å². The molecular formula is C14H17N3O2. The van der Waals surface area contributed by atoms with Crippen LogP contribution in [0.25, 0.3) is 5.57 Å². The average Bonchev–Trinajstić information content (AvgIpc) is 2.92. The molecule has 0 saturated carbocycles. The predicted molar refractivity (Wildman–Crippen MR) is 73.0 cm³/mol. The standard InChI is InChI=1S/C14H17N3O2/c15-13(18)11-9-14(19,17-7-3-4-8-17)16-12-6-2-1-5-10(11)12/h1-2,5-6,9,16,19H,3-4,7-8H2,(H2,15,18). The largest absolute Gasteiger partial charge is 0.366 e. The SMILES string of the molecule is NC(=O)C1=CC(O)(N2CCCC2)Nc2ccccc21. The summed E-state index contributed by atoms with van der Waals surface area (Å²) in [6.45, 7) is 1.60. The third-order valence-corrected chi connectivity index (χ3v) is 3.74. The lowest BCUT2D eigenvalue weighted by atomic mass is 9.97. The highest BCUT2D eigenvalue weighted by Gasteiger charge is 2.38. The topological polar surface area (TPSA) is 78.6 Å². The Morgan fingerprint density at radius 2 is 2.00 bits per heavy atom. The molecule has 1 saturated heterocycles. The van der Waals surface area contributed by atoms with Gasteiger partial charge in [-0.1, -0.05) is 18.2 Å². The van der Waals surface area contributed by atoms with E-state index in [1.54, 1.807) is 0 Å². The molecule has 1 amide bonds. The molecule has 100 valence electrons. The fourth-order valence-corrected chi connectivity index (χ4v) is 2.77. The van der Waals surface area contributed by atoms with Crippen LogP contribution in [-0.2, 0) is 4.79 Å². The van der Waals surface area contributed by atoms with Gasteiger partial charge in [-0.05, 0) is 25.0 Å². The van der Waals surface area contributed by atoms with E-state index < -0.39 is 11.8 Å². The van der Waals surface area contributed by atoms with E-state index in [2.05, 4.69) is 5.32 Å². The van der Waals surface area contributed by atoms with Gasteiger partial charge >= 0.3 is 0 Å². The number of para-hydroxylation sites is 1. The number of carbonyl (C=O) groups is 1. The monoisotopic (exact) mass is 259 g/mol. The quantitative estimate of drug-likeness (QED) is 0.731. The van der Waals surface area contributed by atoms with E-state index in [1.807, 2.05) is 29.2 Å². The maximum atomic E-state index is 11.6. The Labute approximate surface area is 111 Å². The van der Waals surface area contributed by atoms with Crippen molar-refractivity contribution in [3.05, 3.63) is 35.9 Å². The van der Waals surface area contributed by atoms with Gasteiger partial charge in [0, 0.05) is 24.3 Å². The minimum atomic E-state index is -1.32. The summed E-state index contributed by atoms with van der Waals surface area (Å²) in [7, 11) is 0. The Morgan fingerprint density at radius 3 is 2.68 bits per heavy atom. The van der Waals surface area contributed by atoms with E-state index in [4.69, 9.17) is 5.73 Å². The molecule has 1 unspecified atom stereocenters. The van der Waals surface area contributed by atoms with Crippen molar-refractivity contribution in [1.82, 2.24) is 4.90 Å². The number of amides is 1. The molecule has 5 heteroatoms. The minimum absolute atomic E-state index is 0.365. The van der Waals surface area contributed by atoms with E-state index in [0.29, 0.717) is 5.57 Å². The molecule has 1 aromatic carbocycles. The lowest BCUT2D eigenvalue weighted by Gasteiger charge is -2.39. The number of primary amides is 1. The first-order valence-electron chi connectivity index (χ1n) is 6.48. The summed E-state index contributed by atoms with van der Waals surface area (Å²) < 4.78 is 0. The normalized spacial score (nSPS) is 26.5. The van der Waals surface area contributed by atoms with Gasteiger partial charge in [-0.2, -0.15) is 0 Å². The molecule has 0 aromatic heterocycles. The number of anilines is 1. The lowest BCUT2D eigenvalue weighted by molar-refractivity contribution is -0.113. The van der Waals surface area contributed by atoms with Crippen molar-refractivity contribution in [2.24, 2.45) is 5.73 Å². The number of aliphatic hydroxyl groups is 1. The summed E-state index contributed by atoms with van der Waals surface area (Å²) >= 11 is 0. The molecule has 1 atom stereocenters. The van der Waals surface area contributed by atoms with E-state index in [9.17, 15) is 9.90 Å². The molecule has 0 aliphatic carbocycles. The molecule has 2 heterocycles. The van der Waals surface area contributed by atoms with E-state index in [0.717, 1.165) is 37.2 Å². The Hall–Kier alpha value is -1.85. The third kappa shape index (κ3) is 2.01. The van der Waals surface area contributed by atoms with Crippen LogP contribution in [0.1, 0.15) is 18.4 Å². The number of hydrogen-bond acceptors (Lipinski definition) is 4. The lowest BCUT2D eigenvalue weighted by Crippen LogP contribution is -2.53. The predicted octanol–water partition coefficient (Wildman–Crippen LogP) is 0.723. The molecular weight excluding hydrogens is 242 g/mol. The van der Waals surface area contributed by atoms with Crippen LogP contribution in [0.15, 0.2) is 30.3 Å². The van der Waals surface area contributed by atoms with Crippen LogP contribution in [0.4, 0.5) is 5.69 Å². The van der Waals surface area contributed by atoms with Crippen LogP contribution >= 0.6 is 0 Å². The second kappa shape index (κ2) is 4.36. The summed E-state index contributed by atoms with van der Waals surface area (Å²) in [5.41, 5.74) is 7.27. The van der Waals surface area contributed by atoms with Gasteiger partial charge in [0.25, 0.3) is 0 Å². The molecule has 0 radical (unpaired) electrons. The van der Waals surface area contributed by atoms with Gasteiger partial charge in [0.1, 0.15) is 0 Å². The molecule has 5 nitrogen and oxygen atoms in total. The number of nitrogens with one attached hydrogen (secondary N) is 1. The molecule has 4 N–H and O–H groups in total. The van der Waals surface area contributed by atoms with Crippen LogP contribution in [-0.4, -0.2) is 34.9 Å². The van der Waals surface area contributed by atoms with Crippen molar-refractivity contribution in [2.75, 3.05) is 18.4 Å². The Kier molecular flexibility index (Phi) is 2.80. The van der Waals surface area contributed by atoms with Gasteiger partial charge in [-0.25, -0.2) is 0 Å². The number of hydrogen-bond donors (Lipinski definition) is 3. The molecule has 2 aliphatic rings. The van der Waals surface area contributed by atoms with Gasteiger partial charge in [0.2, 0.25) is 11.8 Å². The second-order valence-corrected chi connectivity index (χ2v) is 5.01. The zero-order chi connectivity index (χ0) is 13.5. The van der Waals surface area contributed by atoms with E-state index in [1.165, 1.54) is 6.08 Å². The van der Waals surface area contributed by atoms with Crippen LogP contribution in [0.2, 0.25) is 0 Å². The second-order valence-electron chi connectivity index (χ2n) is 5.01. The number of nitrogens with two attached hydrogens (primary N) is 1. The maximum absolute atomic E-state index is 11.6. The average molecular weight is 259 g/mol. The first kappa shape index (κ1) is 12.2. The van der Waals surface area contributed by atoms with Crippen LogP contribution in [0.5, 0.6) is 0 Å². The first-order chi connectivity index (χ1) is 9.10. The molecule has 19 heavy (non-hydrogen) atoms. The number of benzene rings is 1. The fourth-order valence-electron chi connectivity index (χ4n) is 2.77. The minimum Gasteiger partial charge on any atom is -0.366 e. The summed E-state index contributed by atoms with van der Waals surface area (Å²) in [6.07, 6.45) is 3.62. The maximum Gasteiger partial charge on any atom is 0.249 e. The first-order valence-corrected chi connectivity index (χ1v) is 6.48. The van der Waals surface area contributed by atoms with Crippen LogP contribution < -0.4 is 11.1 Å². The van der Waals surface area contributed by atoms with Crippen molar-refractivity contribution in [1.29, 1.82) is 0 Å². The van der Waals surface area contributed by atoms with Gasteiger partial charge in [-0.3, -0.25) is 9.69 Å².